The Morgan fingerprint density at radius 1 is 1.35 bits per heavy atom. The van der Waals surface area contributed by atoms with E-state index in [1.54, 1.807) is 0 Å². The summed E-state index contributed by atoms with van der Waals surface area (Å²) in [5.74, 6) is 0.844. The number of ether oxygens (including phenoxy) is 1. The van der Waals surface area contributed by atoms with Gasteiger partial charge in [-0.3, -0.25) is 4.99 Å². The summed E-state index contributed by atoms with van der Waals surface area (Å²) in [4.78, 5) is 6.64. The van der Waals surface area contributed by atoms with Crippen LogP contribution in [0.1, 0.15) is 18.4 Å². The molecule has 1 fully saturated rings. The van der Waals surface area contributed by atoms with Crippen molar-refractivity contribution in [3.63, 3.8) is 0 Å². The highest BCUT2D eigenvalue weighted by atomic mass is 127. The minimum absolute atomic E-state index is 0. The lowest BCUT2D eigenvalue weighted by Crippen LogP contribution is -2.57. The van der Waals surface area contributed by atoms with Crippen LogP contribution in [-0.2, 0) is 18.3 Å². The van der Waals surface area contributed by atoms with Gasteiger partial charge in [-0.1, -0.05) is 0 Å². The van der Waals surface area contributed by atoms with E-state index in [-0.39, 0.29) is 29.5 Å². The van der Waals surface area contributed by atoms with E-state index in [1.807, 2.05) is 14.1 Å². The third-order valence-electron chi connectivity index (χ3n) is 4.53. The highest BCUT2D eigenvalue weighted by Crippen LogP contribution is 2.24. The lowest BCUT2D eigenvalue weighted by atomic mass is 9.88. The van der Waals surface area contributed by atoms with Gasteiger partial charge in [-0.05, 0) is 38.6 Å². The first-order chi connectivity index (χ1) is 10.6. The second-order valence-corrected chi connectivity index (χ2v) is 6.20. The van der Waals surface area contributed by atoms with E-state index in [1.165, 1.54) is 5.56 Å². The standard InChI is InChI=1S/C16H29N5O.HI/c1-17-15(18-11-14-5-8-21(4)12-14)19-13-16(20(2)3)6-9-22-10-7-16;/h5,8,12H,6-7,9-11,13H2,1-4H3,(H2,17,18,19);1H. The lowest BCUT2D eigenvalue weighted by molar-refractivity contribution is -0.00501. The molecule has 0 amide bonds. The maximum absolute atomic E-state index is 5.51. The van der Waals surface area contributed by atoms with Crippen LogP contribution >= 0.6 is 24.0 Å². The summed E-state index contributed by atoms with van der Waals surface area (Å²) < 4.78 is 7.56. The van der Waals surface area contributed by atoms with E-state index in [0.29, 0.717) is 0 Å². The second kappa shape index (κ2) is 9.48. The third-order valence-corrected chi connectivity index (χ3v) is 4.53. The smallest absolute Gasteiger partial charge is 0.191 e. The molecular weight excluding hydrogens is 405 g/mol. The molecule has 1 aliphatic rings. The molecule has 1 saturated heterocycles. The van der Waals surface area contributed by atoms with Gasteiger partial charge in [0.25, 0.3) is 0 Å². The number of rotatable bonds is 5. The van der Waals surface area contributed by atoms with Crippen LogP contribution in [0.15, 0.2) is 23.5 Å². The molecule has 23 heavy (non-hydrogen) atoms. The quantitative estimate of drug-likeness (QED) is 0.418. The van der Waals surface area contributed by atoms with Crippen LogP contribution in [0.25, 0.3) is 0 Å². The van der Waals surface area contributed by atoms with Crippen LogP contribution < -0.4 is 10.6 Å². The van der Waals surface area contributed by atoms with Gasteiger partial charge in [0.2, 0.25) is 0 Å². The van der Waals surface area contributed by atoms with Crippen molar-refractivity contribution in [2.45, 2.75) is 24.9 Å². The van der Waals surface area contributed by atoms with Crippen molar-refractivity contribution in [2.24, 2.45) is 12.0 Å². The van der Waals surface area contributed by atoms with Crippen LogP contribution in [0.2, 0.25) is 0 Å². The molecule has 0 saturated carbocycles. The first kappa shape index (κ1) is 20.2. The van der Waals surface area contributed by atoms with Gasteiger partial charge < -0.3 is 24.8 Å². The summed E-state index contributed by atoms with van der Waals surface area (Å²) >= 11 is 0. The number of halogens is 1. The number of aryl methyl sites for hydroxylation is 1. The van der Waals surface area contributed by atoms with Crippen LogP contribution in [0.4, 0.5) is 0 Å². The predicted molar refractivity (Wildman–Crippen MR) is 106 cm³/mol. The zero-order valence-electron chi connectivity index (χ0n) is 14.6. The molecule has 132 valence electrons. The van der Waals surface area contributed by atoms with Crippen molar-refractivity contribution in [1.82, 2.24) is 20.1 Å². The van der Waals surface area contributed by atoms with Crippen LogP contribution in [-0.4, -0.2) is 61.9 Å². The van der Waals surface area contributed by atoms with Gasteiger partial charge >= 0.3 is 0 Å². The Labute approximate surface area is 156 Å². The summed E-state index contributed by atoms with van der Waals surface area (Å²) in [6.07, 6.45) is 6.25. The first-order valence-corrected chi connectivity index (χ1v) is 7.86. The fourth-order valence-electron chi connectivity index (χ4n) is 2.85. The average molecular weight is 435 g/mol. The molecule has 0 unspecified atom stereocenters. The lowest BCUT2D eigenvalue weighted by Gasteiger charge is -2.43. The SMILES string of the molecule is CN=C(NCc1ccn(C)c1)NCC1(N(C)C)CCOCC1.I. The van der Waals surface area contributed by atoms with Crippen LogP contribution in [0.3, 0.4) is 0 Å². The van der Waals surface area contributed by atoms with Crippen molar-refractivity contribution in [1.29, 1.82) is 0 Å². The normalized spacial score (nSPS) is 17.7. The number of aromatic nitrogens is 1. The first-order valence-electron chi connectivity index (χ1n) is 7.86. The predicted octanol–water partition coefficient (Wildman–Crippen LogP) is 1.42. The zero-order chi connectivity index (χ0) is 16.0. The average Bonchev–Trinajstić information content (AvgIpc) is 2.94. The number of nitrogens with zero attached hydrogens (tertiary/aromatic N) is 3. The van der Waals surface area contributed by atoms with Crippen molar-refractivity contribution in [3.8, 4) is 0 Å². The van der Waals surface area contributed by atoms with Crippen molar-refractivity contribution in [2.75, 3.05) is 40.9 Å². The van der Waals surface area contributed by atoms with Crippen LogP contribution in [0, 0.1) is 0 Å². The van der Waals surface area contributed by atoms with Gasteiger partial charge in [0.05, 0.1) is 0 Å². The molecule has 7 heteroatoms. The highest BCUT2D eigenvalue weighted by molar-refractivity contribution is 14.0. The molecule has 2 rings (SSSR count). The van der Waals surface area contributed by atoms with Gasteiger partial charge in [0.1, 0.15) is 0 Å². The molecule has 6 nitrogen and oxygen atoms in total. The third kappa shape index (κ3) is 5.65. The number of guanidine groups is 1. The Bertz CT molecular complexity index is 494. The molecule has 0 radical (unpaired) electrons. The Kier molecular flexibility index (Phi) is 8.35. The molecule has 0 spiro atoms. The monoisotopic (exact) mass is 435 g/mol. The van der Waals surface area contributed by atoms with E-state index in [4.69, 9.17) is 4.74 Å². The summed E-state index contributed by atoms with van der Waals surface area (Å²) in [6, 6.07) is 2.11. The number of hydrogen-bond donors (Lipinski definition) is 2. The minimum atomic E-state index is 0. The van der Waals surface area contributed by atoms with E-state index in [2.05, 4.69) is 57.6 Å². The summed E-state index contributed by atoms with van der Waals surface area (Å²) in [5.41, 5.74) is 1.39. The van der Waals surface area contributed by atoms with Gasteiger partial charge in [0.15, 0.2) is 5.96 Å². The highest BCUT2D eigenvalue weighted by Gasteiger charge is 2.34. The molecule has 1 aromatic heterocycles. The number of likely N-dealkylation sites (N-methyl/N-ethyl adjacent to an activating group) is 1. The second-order valence-electron chi connectivity index (χ2n) is 6.20. The van der Waals surface area contributed by atoms with Crippen molar-refractivity contribution < 1.29 is 4.74 Å². The topological polar surface area (TPSA) is 53.8 Å². The molecule has 2 N–H and O–H groups in total. The zero-order valence-corrected chi connectivity index (χ0v) is 17.0. The Hall–Kier alpha value is -0.800. The molecule has 1 aliphatic heterocycles. The maximum atomic E-state index is 5.51. The van der Waals surface area contributed by atoms with Crippen molar-refractivity contribution >= 4 is 29.9 Å². The summed E-state index contributed by atoms with van der Waals surface area (Å²) in [7, 11) is 8.13. The molecule has 0 aliphatic carbocycles. The molecular formula is C16H30IN5O. The fourth-order valence-corrected chi connectivity index (χ4v) is 2.85. The van der Waals surface area contributed by atoms with Gasteiger partial charge in [0, 0.05) is 58.3 Å². The van der Waals surface area contributed by atoms with E-state index < -0.39 is 0 Å². The molecule has 1 aromatic rings. The van der Waals surface area contributed by atoms with Gasteiger partial charge in [-0.15, -0.1) is 24.0 Å². The molecule has 0 bridgehead atoms. The van der Waals surface area contributed by atoms with Gasteiger partial charge in [-0.25, -0.2) is 0 Å². The Balaban J connectivity index is 0.00000264. The molecule has 0 aromatic carbocycles. The minimum Gasteiger partial charge on any atom is -0.381 e. The Morgan fingerprint density at radius 2 is 2.04 bits per heavy atom. The number of aliphatic imine (C=N–C) groups is 1. The molecule has 2 heterocycles. The number of hydrogen-bond acceptors (Lipinski definition) is 3. The van der Waals surface area contributed by atoms with Crippen LogP contribution in [0.5, 0.6) is 0 Å². The Morgan fingerprint density at radius 3 is 2.57 bits per heavy atom. The van der Waals surface area contributed by atoms with E-state index >= 15 is 0 Å². The maximum Gasteiger partial charge on any atom is 0.191 e. The summed E-state index contributed by atoms with van der Waals surface area (Å²) in [6.45, 7) is 3.31. The fraction of sp³-hybridized carbons (Fsp3) is 0.688. The van der Waals surface area contributed by atoms with Crippen molar-refractivity contribution in [3.05, 3.63) is 24.0 Å². The van der Waals surface area contributed by atoms with E-state index in [9.17, 15) is 0 Å². The van der Waals surface area contributed by atoms with E-state index in [0.717, 1.165) is 45.1 Å². The largest absolute Gasteiger partial charge is 0.381 e. The molecule has 0 atom stereocenters. The number of nitrogens with one attached hydrogen (secondary N) is 2. The summed E-state index contributed by atoms with van der Waals surface area (Å²) in [5, 5.41) is 6.84. The van der Waals surface area contributed by atoms with Gasteiger partial charge in [-0.2, -0.15) is 0 Å².